The van der Waals surface area contributed by atoms with E-state index in [4.69, 9.17) is 25.8 Å². The third-order valence-electron chi connectivity index (χ3n) is 12.4. The highest BCUT2D eigenvalue weighted by molar-refractivity contribution is 7.90. The lowest BCUT2D eigenvalue weighted by Crippen LogP contribution is -2.47. The van der Waals surface area contributed by atoms with E-state index >= 15 is 0 Å². The van der Waals surface area contributed by atoms with E-state index in [9.17, 15) is 38.0 Å². The molecule has 0 bridgehead atoms. The summed E-state index contributed by atoms with van der Waals surface area (Å²) >= 11 is 6.25. The van der Waals surface area contributed by atoms with Crippen molar-refractivity contribution in [3.8, 4) is 11.5 Å². The van der Waals surface area contributed by atoms with Crippen molar-refractivity contribution < 1.29 is 47.0 Å². The first-order valence-corrected chi connectivity index (χ1v) is 24.8. The third-order valence-corrected chi connectivity index (χ3v) is 14.0. The van der Waals surface area contributed by atoms with Crippen LogP contribution in [0.4, 0.5) is 38.3 Å². The Hall–Kier alpha value is -6.48. The number of rotatable bonds is 14. The number of hydrogen-bond acceptors (Lipinski definition) is 14. The Labute approximate surface area is 412 Å². The van der Waals surface area contributed by atoms with Crippen LogP contribution in [0.1, 0.15) is 82.6 Å². The molecule has 2 fully saturated rings. The summed E-state index contributed by atoms with van der Waals surface area (Å²) in [5, 5.41) is 27.2. The zero-order chi connectivity index (χ0) is 50.5. The van der Waals surface area contributed by atoms with Crippen molar-refractivity contribution in [3.05, 3.63) is 105 Å². The topological polar surface area (TPSA) is 235 Å². The highest BCUT2D eigenvalue weighted by atomic mass is 35.5. The summed E-state index contributed by atoms with van der Waals surface area (Å²) in [6.45, 7) is 14.0. The van der Waals surface area contributed by atoms with Crippen molar-refractivity contribution in [2.24, 2.45) is 5.41 Å². The summed E-state index contributed by atoms with van der Waals surface area (Å²) < 4.78 is 46.9. The van der Waals surface area contributed by atoms with E-state index < -0.39 is 49.2 Å². The number of piperazine rings is 1. The standard InChI is InChI=1S/C49H59ClN8O11S/c1-48(2,3)69-47(62)53-44-27-36(26-43(51-44)52-46(60)61)68-42-25-35(57-21-19-56(20-22-57)30-32-15-18-49(4,5)29-39(32)31-7-9-33(50)10-8-31)11-13-38(42)45(59)54-70(65,66)37-12-14-40(41(28-37)58(63)64)55(6)34-16-23-67-24-17-34/h7-14,25-28,34H,15-24,29-30H2,1-6H3,(H,54,59)(H,60,61)(H2,51,52,53,62). The molecule has 3 aliphatic rings. The number of halogens is 1. The summed E-state index contributed by atoms with van der Waals surface area (Å²) in [6.07, 6.45) is 1.92. The smallest absolute Gasteiger partial charge is 0.413 e. The Morgan fingerprint density at radius 3 is 2.29 bits per heavy atom. The number of hydrogen-bond donors (Lipinski definition) is 4. The van der Waals surface area contributed by atoms with Crippen molar-refractivity contribution >= 4 is 74.0 Å². The van der Waals surface area contributed by atoms with Gasteiger partial charge in [0.15, 0.2) is 0 Å². The summed E-state index contributed by atoms with van der Waals surface area (Å²) in [7, 11) is -3.02. The van der Waals surface area contributed by atoms with Gasteiger partial charge in [-0.3, -0.25) is 30.4 Å². The van der Waals surface area contributed by atoms with Gasteiger partial charge < -0.3 is 29.1 Å². The molecule has 0 atom stereocenters. The predicted molar refractivity (Wildman–Crippen MR) is 267 cm³/mol. The Balaban J connectivity index is 1.17. The van der Waals surface area contributed by atoms with E-state index in [2.05, 4.69) is 56.1 Å². The fourth-order valence-electron chi connectivity index (χ4n) is 8.83. The average molecular weight is 1000 g/mol. The average Bonchev–Trinajstić information content (AvgIpc) is 3.28. The number of benzene rings is 3. The fraction of sp³-hybridized carbons (Fsp3) is 0.429. The fourth-order valence-corrected chi connectivity index (χ4v) is 9.95. The zero-order valence-corrected chi connectivity index (χ0v) is 41.6. The van der Waals surface area contributed by atoms with Gasteiger partial charge >= 0.3 is 12.2 Å². The second kappa shape index (κ2) is 21.3. The van der Waals surface area contributed by atoms with Crippen molar-refractivity contribution in [1.29, 1.82) is 0 Å². The van der Waals surface area contributed by atoms with Crippen LogP contribution in [0.15, 0.2) is 83.3 Å². The molecule has 70 heavy (non-hydrogen) atoms. The molecule has 19 nitrogen and oxygen atoms in total. The number of amides is 3. The maximum absolute atomic E-state index is 14.2. The van der Waals surface area contributed by atoms with Crippen LogP contribution in [0.3, 0.4) is 0 Å². The number of pyridine rings is 1. The summed E-state index contributed by atoms with van der Waals surface area (Å²) in [5.74, 6) is -1.77. The Morgan fingerprint density at radius 2 is 1.64 bits per heavy atom. The molecule has 0 spiro atoms. The van der Waals surface area contributed by atoms with E-state index in [1.807, 2.05) is 12.1 Å². The third kappa shape index (κ3) is 13.2. The first-order chi connectivity index (χ1) is 33.0. The van der Waals surface area contributed by atoms with Crippen molar-refractivity contribution in [3.63, 3.8) is 0 Å². The Bertz CT molecular complexity index is 2770. The van der Waals surface area contributed by atoms with E-state index in [-0.39, 0.29) is 45.8 Å². The normalized spacial score (nSPS) is 16.8. The van der Waals surface area contributed by atoms with E-state index in [0.717, 1.165) is 31.9 Å². The highest BCUT2D eigenvalue weighted by Gasteiger charge is 2.32. The molecule has 3 heterocycles. The van der Waals surface area contributed by atoms with Gasteiger partial charge in [0.25, 0.3) is 21.6 Å². The van der Waals surface area contributed by atoms with Crippen LogP contribution >= 0.6 is 11.6 Å². The van der Waals surface area contributed by atoms with Crippen molar-refractivity contribution in [2.45, 2.75) is 83.3 Å². The number of carbonyl (C=O) groups is 3. The predicted octanol–water partition coefficient (Wildman–Crippen LogP) is 9.39. The minimum Gasteiger partial charge on any atom is -0.465 e. The second-order valence-corrected chi connectivity index (χ2v) is 21.5. The first-order valence-electron chi connectivity index (χ1n) is 23.0. The zero-order valence-electron chi connectivity index (χ0n) is 40.0. The van der Waals surface area contributed by atoms with Crippen LogP contribution in [-0.4, -0.2) is 111 Å². The van der Waals surface area contributed by atoms with E-state index in [1.165, 1.54) is 47.0 Å². The SMILES string of the molecule is CN(c1ccc(S(=O)(=O)NC(=O)c2ccc(N3CCN(CC4=C(c5ccc(Cl)cc5)CC(C)(C)CC4)CC3)cc2Oc2cc(NC(=O)O)nc(NC(=O)OC(C)(C)C)c2)cc1[N+](=O)[O-])C1CCOCC1. The van der Waals surface area contributed by atoms with Gasteiger partial charge in [-0.15, -0.1) is 0 Å². The molecule has 7 rings (SSSR count). The summed E-state index contributed by atoms with van der Waals surface area (Å²) in [6, 6.07) is 18.5. The molecule has 374 valence electrons. The molecule has 1 aromatic heterocycles. The van der Waals surface area contributed by atoms with Gasteiger partial charge in [-0.1, -0.05) is 43.2 Å². The van der Waals surface area contributed by atoms with Crippen LogP contribution in [0.25, 0.3) is 5.57 Å². The number of nitro benzene ring substituents is 1. The lowest BCUT2D eigenvalue weighted by Gasteiger charge is -2.39. The molecule has 0 radical (unpaired) electrons. The number of aromatic nitrogens is 1. The lowest BCUT2D eigenvalue weighted by atomic mass is 9.72. The molecule has 1 aliphatic carbocycles. The monoisotopic (exact) mass is 1000 g/mol. The summed E-state index contributed by atoms with van der Waals surface area (Å²) in [5.41, 5.74) is 3.36. The number of carbonyl (C=O) groups excluding carboxylic acids is 2. The van der Waals surface area contributed by atoms with Gasteiger partial charge in [0.05, 0.1) is 15.4 Å². The number of sulfonamides is 1. The molecule has 0 saturated carbocycles. The minimum absolute atomic E-state index is 0.0681. The second-order valence-electron chi connectivity index (χ2n) is 19.4. The number of ether oxygens (including phenoxy) is 3. The van der Waals surface area contributed by atoms with E-state index in [1.54, 1.807) is 44.9 Å². The van der Waals surface area contributed by atoms with Gasteiger partial charge in [0, 0.05) is 94.0 Å². The molecular formula is C49H59ClN8O11S. The first kappa shape index (κ1) is 51.4. The quantitative estimate of drug-likeness (QED) is 0.0680. The van der Waals surface area contributed by atoms with Gasteiger partial charge in [0.2, 0.25) is 0 Å². The molecule has 4 N–H and O–H groups in total. The number of nitrogens with zero attached hydrogens (tertiary/aromatic N) is 5. The molecule has 4 aromatic rings. The largest absolute Gasteiger partial charge is 0.465 e. The van der Waals surface area contributed by atoms with Gasteiger partial charge in [-0.2, -0.15) is 0 Å². The number of nitro groups is 1. The highest BCUT2D eigenvalue weighted by Crippen LogP contribution is 2.44. The van der Waals surface area contributed by atoms with Gasteiger partial charge in [-0.05, 0) is 106 Å². The van der Waals surface area contributed by atoms with Crippen LogP contribution < -0.4 is 29.9 Å². The molecule has 2 saturated heterocycles. The summed E-state index contributed by atoms with van der Waals surface area (Å²) in [4.78, 5) is 60.2. The van der Waals surface area contributed by atoms with Crippen molar-refractivity contribution in [1.82, 2.24) is 14.6 Å². The molecular weight excluding hydrogens is 944 g/mol. The Kier molecular flexibility index (Phi) is 15.6. The van der Waals surface area contributed by atoms with Gasteiger partial charge in [-0.25, -0.2) is 27.7 Å². The van der Waals surface area contributed by atoms with Crippen molar-refractivity contribution in [2.75, 3.05) is 73.4 Å². The maximum Gasteiger partial charge on any atom is 0.413 e. The number of nitrogens with one attached hydrogen (secondary N) is 3. The van der Waals surface area contributed by atoms with Crippen LogP contribution in [-0.2, 0) is 19.5 Å². The molecule has 3 amide bonds. The molecule has 2 aliphatic heterocycles. The van der Waals surface area contributed by atoms with Crippen LogP contribution in [0.2, 0.25) is 5.02 Å². The molecule has 3 aromatic carbocycles. The van der Waals surface area contributed by atoms with E-state index in [0.29, 0.717) is 62.9 Å². The molecule has 21 heteroatoms. The number of carboxylic acid groups (broad SMARTS) is 1. The molecule has 0 unspecified atom stereocenters. The maximum atomic E-state index is 14.2. The van der Waals surface area contributed by atoms with Crippen LogP contribution in [0, 0.1) is 15.5 Å². The lowest BCUT2D eigenvalue weighted by molar-refractivity contribution is -0.384. The Morgan fingerprint density at radius 1 is 0.971 bits per heavy atom. The minimum atomic E-state index is -4.73. The van der Waals surface area contributed by atoms with Crippen LogP contribution in [0.5, 0.6) is 11.5 Å². The number of allylic oxidation sites excluding steroid dienone is 1. The number of anilines is 4. The van der Waals surface area contributed by atoms with Gasteiger partial charge in [0.1, 0.15) is 34.4 Å².